The molecule has 0 rings (SSSR count). The first kappa shape index (κ1) is 17.4. The second-order valence-corrected chi connectivity index (χ2v) is 5.75. The number of hydrogen-bond donors (Lipinski definition) is 2. The van der Waals surface area contributed by atoms with Crippen LogP contribution >= 0.6 is 0 Å². The number of amides is 1. The van der Waals surface area contributed by atoms with E-state index in [0.29, 0.717) is 12.5 Å². The number of rotatable bonds is 11. The Morgan fingerprint density at radius 1 is 1.00 bits per heavy atom. The fourth-order valence-corrected chi connectivity index (χ4v) is 2.03. The molecule has 0 aliphatic rings. The van der Waals surface area contributed by atoms with E-state index in [9.17, 15) is 4.79 Å². The van der Waals surface area contributed by atoms with Crippen molar-refractivity contribution in [1.29, 1.82) is 0 Å². The highest BCUT2D eigenvalue weighted by molar-refractivity contribution is 5.76. The van der Waals surface area contributed by atoms with Crippen molar-refractivity contribution < 1.29 is 4.79 Å². The summed E-state index contributed by atoms with van der Waals surface area (Å²) < 4.78 is 0. The van der Waals surface area contributed by atoms with Gasteiger partial charge in [-0.2, -0.15) is 0 Å². The van der Waals surface area contributed by atoms with Crippen LogP contribution in [0.25, 0.3) is 0 Å². The summed E-state index contributed by atoms with van der Waals surface area (Å²) in [6, 6.07) is 0.320. The Kier molecular flexibility index (Phi) is 11.2. The SMILES string of the molecule is CC(C)CCCC(C)NC(=O)CCCCCCN. The van der Waals surface area contributed by atoms with Crippen molar-refractivity contribution in [3.63, 3.8) is 0 Å². The van der Waals surface area contributed by atoms with Crippen molar-refractivity contribution in [3.05, 3.63) is 0 Å². The van der Waals surface area contributed by atoms with Crippen LogP contribution in [0.2, 0.25) is 0 Å². The van der Waals surface area contributed by atoms with Crippen molar-refractivity contribution in [2.75, 3.05) is 6.54 Å². The fourth-order valence-electron chi connectivity index (χ4n) is 2.03. The van der Waals surface area contributed by atoms with Gasteiger partial charge in [-0.15, -0.1) is 0 Å². The molecule has 0 fully saturated rings. The molecule has 1 amide bonds. The first-order valence-electron chi connectivity index (χ1n) is 7.55. The molecule has 3 nitrogen and oxygen atoms in total. The quantitative estimate of drug-likeness (QED) is 0.558. The van der Waals surface area contributed by atoms with Crippen LogP contribution in [0.5, 0.6) is 0 Å². The minimum Gasteiger partial charge on any atom is -0.354 e. The molecule has 0 aromatic heterocycles. The van der Waals surface area contributed by atoms with Gasteiger partial charge in [-0.3, -0.25) is 4.79 Å². The lowest BCUT2D eigenvalue weighted by atomic mass is 10.0. The van der Waals surface area contributed by atoms with Crippen molar-refractivity contribution in [1.82, 2.24) is 5.32 Å². The maximum absolute atomic E-state index is 11.6. The van der Waals surface area contributed by atoms with E-state index in [0.717, 1.165) is 44.6 Å². The van der Waals surface area contributed by atoms with Gasteiger partial charge in [0.1, 0.15) is 0 Å². The molecule has 0 aromatic rings. The van der Waals surface area contributed by atoms with Crippen LogP contribution in [0.1, 0.15) is 72.1 Å². The van der Waals surface area contributed by atoms with Crippen LogP contribution < -0.4 is 11.1 Å². The third-order valence-corrected chi connectivity index (χ3v) is 3.18. The predicted octanol–water partition coefficient (Wildman–Crippen LogP) is 3.23. The van der Waals surface area contributed by atoms with Crippen molar-refractivity contribution >= 4 is 5.91 Å². The third kappa shape index (κ3) is 11.9. The molecule has 108 valence electrons. The monoisotopic (exact) mass is 256 g/mol. The first-order chi connectivity index (χ1) is 8.56. The van der Waals surface area contributed by atoms with Crippen LogP contribution in [-0.4, -0.2) is 18.5 Å². The van der Waals surface area contributed by atoms with Crippen LogP contribution in [-0.2, 0) is 4.79 Å². The molecule has 0 radical (unpaired) electrons. The highest BCUT2D eigenvalue weighted by atomic mass is 16.1. The second-order valence-electron chi connectivity index (χ2n) is 5.75. The van der Waals surface area contributed by atoms with E-state index >= 15 is 0 Å². The van der Waals surface area contributed by atoms with Gasteiger partial charge >= 0.3 is 0 Å². The second kappa shape index (κ2) is 11.5. The van der Waals surface area contributed by atoms with E-state index < -0.39 is 0 Å². The van der Waals surface area contributed by atoms with Gasteiger partial charge in [0, 0.05) is 12.5 Å². The van der Waals surface area contributed by atoms with Crippen LogP contribution in [0, 0.1) is 5.92 Å². The number of nitrogens with one attached hydrogen (secondary N) is 1. The Hall–Kier alpha value is -0.570. The summed E-state index contributed by atoms with van der Waals surface area (Å²) >= 11 is 0. The van der Waals surface area contributed by atoms with Crippen LogP contribution in [0.15, 0.2) is 0 Å². The molecule has 0 aromatic carbocycles. The minimum absolute atomic E-state index is 0.208. The lowest BCUT2D eigenvalue weighted by Gasteiger charge is -2.14. The number of carbonyl (C=O) groups excluding carboxylic acids is 1. The number of unbranched alkanes of at least 4 members (excludes halogenated alkanes) is 3. The topological polar surface area (TPSA) is 55.1 Å². The molecule has 0 heterocycles. The molecule has 3 N–H and O–H groups in total. The maximum atomic E-state index is 11.6. The smallest absolute Gasteiger partial charge is 0.220 e. The fraction of sp³-hybridized carbons (Fsp3) is 0.933. The normalized spacial score (nSPS) is 12.7. The average molecular weight is 256 g/mol. The van der Waals surface area contributed by atoms with Gasteiger partial charge in [0.2, 0.25) is 5.91 Å². The molecule has 0 aliphatic carbocycles. The molecule has 0 saturated heterocycles. The summed E-state index contributed by atoms with van der Waals surface area (Å²) in [5.41, 5.74) is 5.42. The number of carbonyl (C=O) groups is 1. The highest BCUT2D eigenvalue weighted by Crippen LogP contribution is 2.08. The Balaban J connectivity index is 3.43. The summed E-state index contributed by atoms with van der Waals surface area (Å²) in [6.45, 7) is 7.35. The molecule has 0 aliphatic heterocycles. The zero-order valence-electron chi connectivity index (χ0n) is 12.5. The van der Waals surface area contributed by atoms with Gasteiger partial charge in [0.15, 0.2) is 0 Å². The number of hydrogen-bond acceptors (Lipinski definition) is 2. The number of nitrogens with two attached hydrogens (primary N) is 1. The molecule has 1 atom stereocenters. The summed E-state index contributed by atoms with van der Waals surface area (Å²) in [5.74, 6) is 0.968. The van der Waals surface area contributed by atoms with E-state index in [1.165, 1.54) is 12.8 Å². The average Bonchev–Trinajstić information content (AvgIpc) is 2.28. The highest BCUT2D eigenvalue weighted by Gasteiger charge is 2.07. The predicted molar refractivity (Wildman–Crippen MR) is 78.4 cm³/mol. The molecule has 1 unspecified atom stereocenters. The van der Waals surface area contributed by atoms with E-state index in [-0.39, 0.29) is 5.91 Å². The van der Waals surface area contributed by atoms with Crippen molar-refractivity contribution in [2.24, 2.45) is 11.7 Å². The Morgan fingerprint density at radius 2 is 1.67 bits per heavy atom. The standard InChI is InChI=1S/C15H32N2O/c1-13(2)9-8-10-14(3)17-15(18)11-6-4-5-7-12-16/h13-14H,4-12,16H2,1-3H3,(H,17,18). The van der Waals surface area contributed by atoms with E-state index in [1.807, 2.05) is 0 Å². The van der Waals surface area contributed by atoms with Gasteiger partial charge in [0.05, 0.1) is 0 Å². The minimum atomic E-state index is 0.208. The maximum Gasteiger partial charge on any atom is 0.220 e. The molecule has 0 bridgehead atoms. The Bertz CT molecular complexity index is 205. The van der Waals surface area contributed by atoms with Crippen molar-refractivity contribution in [2.45, 2.75) is 78.2 Å². The molecule has 18 heavy (non-hydrogen) atoms. The van der Waals surface area contributed by atoms with Crippen LogP contribution in [0.3, 0.4) is 0 Å². The first-order valence-corrected chi connectivity index (χ1v) is 7.55. The van der Waals surface area contributed by atoms with Gasteiger partial charge in [-0.1, -0.05) is 39.5 Å². The van der Waals surface area contributed by atoms with E-state index in [1.54, 1.807) is 0 Å². The molecular weight excluding hydrogens is 224 g/mol. The zero-order valence-corrected chi connectivity index (χ0v) is 12.5. The van der Waals surface area contributed by atoms with Gasteiger partial charge in [-0.25, -0.2) is 0 Å². The van der Waals surface area contributed by atoms with Gasteiger partial charge in [0.25, 0.3) is 0 Å². The van der Waals surface area contributed by atoms with Crippen LogP contribution in [0.4, 0.5) is 0 Å². The zero-order chi connectivity index (χ0) is 13.8. The lowest BCUT2D eigenvalue weighted by Crippen LogP contribution is -2.32. The summed E-state index contributed by atoms with van der Waals surface area (Å²) in [4.78, 5) is 11.6. The summed E-state index contributed by atoms with van der Waals surface area (Å²) in [6.07, 6.45) is 8.54. The molecular formula is C15H32N2O. The Labute approximate surface area is 113 Å². The molecule has 0 saturated carbocycles. The molecule has 0 spiro atoms. The third-order valence-electron chi connectivity index (χ3n) is 3.18. The van der Waals surface area contributed by atoms with Gasteiger partial charge < -0.3 is 11.1 Å². The van der Waals surface area contributed by atoms with E-state index in [2.05, 4.69) is 26.1 Å². The largest absolute Gasteiger partial charge is 0.354 e. The summed E-state index contributed by atoms with van der Waals surface area (Å²) in [7, 11) is 0. The molecule has 3 heteroatoms. The lowest BCUT2D eigenvalue weighted by molar-refractivity contribution is -0.121. The summed E-state index contributed by atoms with van der Waals surface area (Å²) in [5, 5.41) is 3.08. The van der Waals surface area contributed by atoms with Gasteiger partial charge in [-0.05, 0) is 38.6 Å². The van der Waals surface area contributed by atoms with E-state index in [4.69, 9.17) is 5.73 Å². The Morgan fingerprint density at radius 3 is 2.28 bits per heavy atom. The van der Waals surface area contributed by atoms with Crippen molar-refractivity contribution in [3.8, 4) is 0 Å².